The number of rotatable bonds is 3. The maximum absolute atomic E-state index is 15.0. The highest BCUT2D eigenvalue weighted by Crippen LogP contribution is 2.54. The molecule has 5 N–H and O–H groups in total. The Morgan fingerprint density at radius 2 is 2.04 bits per heavy atom. The van der Waals surface area contributed by atoms with E-state index in [4.69, 9.17) is 11.5 Å². The maximum atomic E-state index is 15.0. The van der Waals surface area contributed by atoms with Crippen LogP contribution in [0.2, 0.25) is 0 Å². The van der Waals surface area contributed by atoms with Gasteiger partial charge in [0.1, 0.15) is 6.10 Å². The number of hydrogen-bond donors (Lipinski definition) is 3. The molecule has 0 saturated carbocycles. The predicted octanol–water partition coefficient (Wildman–Crippen LogP) is -1.62. The first-order valence-corrected chi connectivity index (χ1v) is 6.39. The average molecular weight is 352 g/mol. The molecule has 2 rings (SSSR count). The van der Waals surface area contributed by atoms with Crippen molar-refractivity contribution in [2.45, 2.75) is 37.0 Å². The van der Waals surface area contributed by atoms with Crippen molar-refractivity contribution in [3.63, 3.8) is 0 Å². The number of alkyl halides is 3. The van der Waals surface area contributed by atoms with Crippen LogP contribution in [0.5, 0.6) is 0 Å². The van der Waals surface area contributed by atoms with E-state index in [0.29, 0.717) is 6.20 Å². The molecule has 24 heavy (non-hydrogen) atoms. The molecule has 0 unspecified atom stereocenters. The Morgan fingerprint density at radius 1 is 1.46 bits per heavy atom. The van der Waals surface area contributed by atoms with Crippen LogP contribution >= 0.6 is 0 Å². The minimum atomic E-state index is -4.69. The molecule has 1 aromatic rings. The summed E-state index contributed by atoms with van der Waals surface area (Å²) in [6, 6.07) is 0. The van der Waals surface area contributed by atoms with E-state index < -0.39 is 47.9 Å². The van der Waals surface area contributed by atoms with Crippen LogP contribution in [0, 0.1) is 19.3 Å². The summed E-state index contributed by atoms with van der Waals surface area (Å²) in [4.78, 5) is 24.6. The van der Waals surface area contributed by atoms with Crippen LogP contribution in [0.4, 0.5) is 13.2 Å². The van der Waals surface area contributed by atoms with Crippen LogP contribution < -0.4 is 11.2 Å². The minimum Gasteiger partial charge on any atom is -0.412 e. The normalized spacial score (nSPS) is 31.3. The van der Waals surface area contributed by atoms with Crippen LogP contribution in [-0.2, 0) is 10.7 Å². The third kappa shape index (κ3) is 2.35. The molecule has 0 amide bonds. The Morgan fingerprint density at radius 3 is 2.54 bits per heavy atom. The van der Waals surface area contributed by atoms with Crippen LogP contribution in [0.15, 0.2) is 15.8 Å². The van der Waals surface area contributed by atoms with Crippen molar-refractivity contribution >= 4 is 0 Å². The zero-order valence-corrected chi connectivity index (χ0v) is 12.3. The molecule has 1 aliphatic rings. The Bertz CT molecular complexity index is 785. The second kappa shape index (κ2) is 6.06. The summed E-state index contributed by atoms with van der Waals surface area (Å²) in [6.07, 6.45) is 2.33. The van der Waals surface area contributed by atoms with Crippen molar-refractivity contribution in [2.24, 2.45) is 0 Å². The topological polar surface area (TPSA) is 136 Å². The van der Waals surface area contributed by atoms with Gasteiger partial charge in [0, 0.05) is 18.2 Å². The second-order valence-electron chi connectivity index (χ2n) is 5.17. The number of nitrogens with one attached hydrogen (secondary N) is 1. The highest BCUT2D eigenvalue weighted by atomic mass is 19.3. The largest absolute Gasteiger partial charge is 0.412 e. The zero-order chi connectivity index (χ0) is 17.6. The molecule has 1 aromatic heterocycles. The minimum absolute atomic E-state index is 0. The monoisotopic (exact) mass is 352 g/mol. The number of aromatic nitrogens is 2. The molecule has 0 bridgehead atoms. The van der Waals surface area contributed by atoms with Gasteiger partial charge in [0.05, 0.1) is 6.61 Å². The summed E-state index contributed by atoms with van der Waals surface area (Å²) in [5, 5.41) is 19.2. The van der Waals surface area contributed by atoms with E-state index in [1.54, 1.807) is 10.9 Å². The van der Waals surface area contributed by atoms with Crippen LogP contribution in [0.1, 0.15) is 12.0 Å². The Balaban J connectivity index is 0.00000288. The number of H-pyrrole nitrogens is 1. The lowest BCUT2D eigenvalue weighted by atomic mass is 9.87. The van der Waals surface area contributed by atoms with Crippen molar-refractivity contribution in [1.29, 1.82) is 0 Å². The van der Waals surface area contributed by atoms with Crippen molar-refractivity contribution < 1.29 is 33.6 Å². The lowest BCUT2D eigenvalue weighted by molar-refractivity contribution is -0.306. The van der Waals surface area contributed by atoms with Crippen molar-refractivity contribution in [3.05, 3.63) is 32.6 Å². The van der Waals surface area contributed by atoms with Gasteiger partial charge in [-0.2, -0.15) is 13.2 Å². The lowest BCUT2D eigenvalue weighted by Crippen LogP contribution is -2.59. The fourth-order valence-corrected chi connectivity index (χ4v) is 2.39. The first-order chi connectivity index (χ1) is 10.5. The van der Waals surface area contributed by atoms with Gasteiger partial charge in [-0.15, -0.1) is 12.3 Å². The molecule has 3 atom stereocenters. The van der Waals surface area contributed by atoms with E-state index in [1.807, 2.05) is 0 Å². The standard InChI is InChI=1S/C13H13F3N2O5.H2O/c1-3-4-11(22)8(6-19)23-13(16,12(11,14)15)18-5-7(2)9(20)17-10(18)21;/h1,5,8,19,22H,4,6H2,2H3,(H,17,20,21);1H2/t8-,11-,13+;/m1./s1. The number of hydrogen-bond acceptors (Lipinski definition) is 5. The molecular weight excluding hydrogens is 337 g/mol. The van der Waals surface area contributed by atoms with Gasteiger partial charge >= 0.3 is 17.6 Å². The predicted molar refractivity (Wildman–Crippen MR) is 74.1 cm³/mol. The van der Waals surface area contributed by atoms with E-state index in [9.17, 15) is 27.9 Å². The molecule has 1 saturated heterocycles. The van der Waals surface area contributed by atoms with Crippen molar-refractivity contribution in [2.75, 3.05) is 6.61 Å². The first-order valence-electron chi connectivity index (χ1n) is 6.39. The number of halogens is 3. The highest BCUT2D eigenvalue weighted by Gasteiger charge is 2.79. The Labute approximate surface area is 132 Å². The van der Waals surface area contributed by atoms with Crippen molar-refractivity contribution in [1.82, 2.24) is 9.55 Å². The lowest BCUT2D eigenvalue weighted by Gasteiger charge is -2.33. The first kappa shape index (κ1) is 19.9. The molecule has 134 valence electrons. The number of terminal acetylenes is 1. The Hall–Kier alpha value is -2.13. The van der Waals surface area contributed by atoms with Gasteiger partial charge in [0.2, 0.25) is 0 Å². The van der Waals surface area contributed by atoms with Crippen LogP contribution in [0.25, 0.3) is 0 Å². The molecular formula is C13H15F3N2O6. The number of nitrogens with zero attached hydrogens (tertiary/aromatic N) is 1. The van der Waals surface area contributed by atoms with Gasteiger partial charge in [-0.05, 0) is 6.92 Å². The van der Waals surface area contributed by atoms with E-state index in [0.717, 1.165) is 6.92 Å². The molecule has 1 aliphatic heterocycles. The van der Waals surface area contributed by atoms with E-state index >= 15 is 0 Å². The number of aliphatic hydroxyl groups excluding tert-OH is 1. The summed E-state index contributed by atoms with van der Waals surface area (Å²) in [5.41, 5.74) is -5.89. The second-order valence-corrected chi connectivity index (χ2v) is 5.17. The number of ether oxygens (including phenoxy) is 1. The summed E-state index contributed by atoms with van der Waals surface area (Å²) in [7, 11) is 0. The summed E-state index contributed by atoms with van der Waals surface area (Å²) >= 11 is 0. The van der Waals surface area contributed by atoms with E-state index in [2.05, 4.69) is 4.74 Å². The number of aromatic amines is 1. The molecule has 0 aliphatic carbocycles. The van der Waals surface area contributed by atoms with Gasteiger partial charge in [-0.25, -0.2) is 9.36 Å². The smallest absolute Gasteiger partial charge is 0.365 e. The molecule has 1 fully saturated rings. The van der Waals surface area contributed by atoms with Gasteiger partial charge in [0.15, 0.2) is 5.60 Å². The Kier molecular flexibility index (Phi) is 5.03. The van der Waals surface area contributed by atoms with E-state index in [-0.39, 0.29) is 15.6 Å². The summed E-state index contributed by atoms with van der Waals surface area (Å²) in [5.74, 6) is -7.07. The van der Waals surface area contributed by atoms with Gasteiger partial charge in [-0.1, -0.05) is 0 Å². The SMILES string of the molecule is C#CC[C@@]1(O)[C@@H](CO)O[C@@](F)(n2cc(C)c(=O)[nH]c2=O)C1(F)F.O. The molecule has 0 aromatic carbocycles. The van der Waals surface area contributed by atoms with Crippen LogP contribution in [0.3, 0.4) is 0 Å². The molecule has 2 heterocycles. The number of aliphatic hydroxyl groups is 2. The van der Waals surface area contributed by atoms with Gasteiger partial charge < -0.3 is 20.4 Å². The molecule has 11 heteroatoms. The fourth-order valence-electron chi connectivity index (χ4n) is 2.39. The quantitative estimate of drug-likeness (QED) is 0.562. The molecule has 0 spiro atoms. The third-order valence-corrected chi connectivity index (χ3v) is 3.73. The fraction of sp³-hybridized carbons (Fsp3) is 0.538. The van der Waals surface area contributed by atoms with Gasteiger partial charge in [0.25, 0.3) is 5.56 Å². The molecule has 0 radical (unpaired) electrons. The third-order valence-electron chi connectivity index (χ3n) is 3.73. The van der Waals surface area contributed by atoms with Crippen LogP contribution in [-0.4, -0.2) is 49.5 Å². The van der Waals surface area contributed by atoms with Crippen molar-refractivity contribution in [3.8, 4) is 12.3 Å². The summed E-state index contributed by atoms with van der Waals surface area (Å²) < 4.78 is 48.4. The number of aryl methyl sites for hydroxylation is 1. The molecule has 8 nitrogen and oxygen atoms in total. The average Bonchev–Trinajstić information content (AvgIpc) is 2.61. The zero-order valence-electron chi connectivity index (χ0n) is 12.3. The summed E-state index contributed by atoms with van der Waals surface area (Å²) in [6.45, 7) is -0.0150. The highest BCUT2D eigenvalue weighted by molar-refractivity contribution is 5.16. The van der Waals surface area contributed by atoms with Gasteiger partial charge in [-0.3, -0.25) is 9.78 Å². The maximum Gasteiger partial charge on any atom is 0.365 e. The van der Waals surface area contributed by atoms with E-state index in [1.165, 1.54) is 0 Å².